The lowest BCUT2D eigenvalue weighted by Crippen LogP contribution is -2.35. The first-order valence-electron chi connectivity index (χ1n) is 12.8. The minimum atomic E-state index is -4.13. The lowest BCUT2D eigenvalue weighted by atomic mass is 9.87. The van der Waals surface area contributed by atoms with Crippen LogP contribution >= 0.6 is 0 Å². The van der Waals surface area contributed by atoms with Gasteiger partial charge in [-0.25, -0.2) is 0 Å². The van der Waals surface area contributed by atoms with Gasteiger partial charge >= 0.3 is 6.18 Å². The lowest BCUT2D eigenvalue weighted by Gasteiger charge is -2.32. The van der Waals surface area contributed by atoms with Gasteiger partial charge < -0.3 is 20.7 Å². The molecule has 1 atom stereocenters. The fourth-order valence-electron chi connectivity index (χ4n) is 4.78. The monoisotopic (exact) mass is 530 g/mol. The maximum atomic E-state index is 13.3. The molecule has 206 valence electrons. The number of piperidine rings is 1. The van der Waals surface area contributed by atoms with Crippen LogP contribution in [0.3, 0.4) is 0 Å². The van der Waals surface area contributed by atoms with Crippen LogP contribution < -0.4 is 15.8 Å². The minimum absolute atomic E-state index is 0.0372. The van der Waals surface area contributed by atoms with Crippen molar-refractivity contribution in [1.82, 2.24) is 10.2 Å². The van der Waals surface area contributed by atoms with Crippen LogP contribution in [0.2, 0.25) is 0 Å². The standard InChI is InChI=1S/C29H37F3N4O2/c1-19-5-6-22(21-7-10-36(11-8-21)12-9-29(30,31)32)16-27(19)28(37)35-20(2)23-13-24(15-26(14-23)38-4)25(17-33)18-34-3/h5-6,13-18,20-21H,7-12,33H2,1-4H3,(H,35,37)/b25-17+,34-18?. The largest absolute Gasteiger partial charge is 0.497 e. The zero-order valence-electron chi connectivity index (χ0n) is 22.4. The van der Waals surface area contributed by atoms with Crippen molar-refractivity contribution in [1.29, 1.82) is 0 Å². The number of hydrogen-bond donors (Lipinski definition) is 2. The van der Waals surface area contributed by atoms with Crippen LogP contribution in [0.25, 0.3) is 5.57 Å². The fraction of sp³-hybridized carbons (Fsp3) is 0.448. The highest BCUT2D eigenvalue weighted by Gasteiger charge is 2.29. The second-order valence-corrected chi connectivity index (χ2v) is 9.75. The van der Waals surface area contributed by atoms with Gasteiger partial charge in [0.1, 0.15) is 5.75 Å². The molecule has 0 bridgehead atoms. The van der Waals surface area contributed by atoms with Gasteiger partial charge in [-0.3, -0.25) is 9.79 Å². The van der Waals surface area contributed by atoms with Crippen molar-refractivity contribution in [3.05, 3.63) is 70.4 Å². The Morgan fingerprint density at radius 3 is 2.55 bits per heavy atom. The van der Waals surface area contributed by atoms with E-state index in [2.05, 4.69) is 10.3 Å². The van der Waals surface area contributed by atoms with E-state index in [1.165, 1.54) is 6.20 Å². The number of likely N-dealkylation sites (tertiary alicyclic amines) is 1. The van der Waals surface area contributed by atoms with Crippen LogP contribution in [-0.4, -0.2) is 57.0 Å². The number of nitrogens with zero attached hydrogens (tertiary/aromatic N) is 2. The second kappa shape index (κ2) is 13.0. The summed E-state index contributed by atoms with van der Waals surface area (Å²) < 4.78 is 43.2. The van der Waals surface area contributed by atoms with Crippen LogP contribution in [0.5, 0.6) is 5.75 Å². The zero-order valence-corrected chi connectivity index (χ0v) is 22.4. The van der Waals surface area contributed by atoms with Crippen molar-refractivity contribution in [3.63, 3.8) is 0 Å². The van der Waals surface area contributed by atoms with E-state index in [4.69, 9.17) is 10.5 Å². The maximum Gasteiger partial charge on any atom is 0.390 e. The number of nitrogens with one attached hydrogen (secondary N) is 1. The Labute approximate surface area is 222 Å². The van der Waals surface area contributed by atoms with Crippen molar-refractivity contribution < 1.29 is 22.7 Å². The average Bonchev–Trinajstić information content (AvgIpc) is 2.90. The molecule has 1 fully saturated rings. The van der Waals surface area contributed by atoms with E-state index >= 15 is 0 Å². The summed E-state index contributed by atoms with van der Waals surface area (Å²) in [5, 5.41) is 3.10. The first-order valence-corrected chi connectivity index (χ1v) is 12.8. The molecular formula is C29H37F3N4O2. The number of hydrogen-bond acceptors (Lipinski definition) is 5. The minimum Gasteiger partial charge on any atom is -0.497 e. The molecule has 0 aromatic heterocycles. The molecule has 2 aromatic rings. The van der Waals surface area contributed by atoms with Gasteiger partial charge in [-0.1, -0.05) is 12.1 Å². The summed E-state index contributed by atoms with van der Waals surface area (Å²) in [7, 11) is 3.25. The number of allylic oxidation sites excluding steroid dienone is 1. The third kappa shape index (κ3) is 7.84. The maximum absolute atomic E-state index is 13.3. The van der Waals surface area contributed by atoms with Crippen molar-refractivity contribution in [3.8, 4) is 5.75 Å². The number of carbonyl (C=O) groups is 1. The highest BCUT2D eigenvalue weighted by atomic mass is 19.4. The molecule has 1 amide bonds. The predicted octanol–water partition coefficient (Wildman–Crippen LogP) is 5.63. The Morgan fingerprint density at radius 1 is 1.24 bits per heavy atom. The molecule has 1 heterocycles. The number of methoxy groups -OCH3 is 1. The number of aryl methyl sites for hydroxylation is 1. The van der Waals surface area contributed by atoms with Crippen molar-refractivity contribution >= 4 is 17.7 Å². The smallest absolute Gasteiger partial charge is 0.390 e. The summed E-state index contributed by atoms with van der Waals surface area (Å²) in [6.07, 6.45) is -0.240. The van der Waals surface area contributed by atoms with E-state index in [0.717, 1.165) is 40.7 Å². The molecule has 1 aliphatic heterocycles. The Hall–Kier alpha value is -3.33. The molecule has 1 unspecified atom stereocenters. The third-order valence-corrected chi connectivity index (χ3v) is 7.07. The molecule has 9 heteroatoms. The number of nitrogens with two attached hydrogens (primary N) is 1. The van der Waals surface area contributed by atoms with Gasteiger partial charge in [-0.05, 0) is 92.2 Å². The van der Waals surface area contributed by atoms with Crippen molar-refractivity contribution in [2.24, 2.45) is 10.7 Å². The molecule has 3 N–H and O–H groups in total. The number of alkyl halides is 3. The number of rotatable bonds is 9. The number of carbonyl (C=O) groups excluding carboxylic acids is 1. The number of amides is 1. The number of benzene rings is 2. The molecule has 3 rings (SSSR count). The van der Waals surface area contributed by atoms with Crippen LogP contribution in [0, 0.1) is 6.92 Å². The Balaban J connectivity index is 1.72. The highest BCUT2D eigenvalue weighted by molar-refractivity contribution is 6.09. The molecule has 38 heavy (non-hydrogen) atoms. The molecule has 0 radical (unpaired) electrons. The van der Waals surface area contributed by atoms with E-state index in [-0.39, 0.29) is 24.4 Å². The Morgan fingerprint density at radius 2 is 1.95 bits per heavy atom. The normalized spacial score (nSPS) is 16.6. The van der Waals surface area contributed by atoms with Gasteiger partial charge in [-0.15, -0.1) is 0 Å². The van der Waals surface area contributed by atoms with E-state index in [1.807, 2.05) is 55.1 Å². The summed E-state index contributed by atoms with van der Waals surface area (Å²) in [5.74, 6) is 0.667. The lowest BCUT2D eigenvalue weighted by molar-refractivity contribution is -0.138. The fourth-order valence-corrected chi connectivity index (χ4v) is 4.78. The van der Waals surface area contributed by atoms with Crippen LogP contribution in [0.1, 0.15) is 70.8 Å². The van der Waals surface area contributed by atoms with Gasteiger partial charge in [0.2, 0.25) is 0 Å². The first kappa shape index (κ1) is 29.2. The molecule has 2 aromatic carbocycles. The zero-order chi connectivity index (χ0) is 27.9. The second-order valence-electron chi connectivity index (χ2n) is 9.75. The molecule has 1 aliphatic rings. The molecule has 6 nitrogen and oxygen atoms in total. The molecule has 0 saturated carbocycles. The Bertz CT molecular complexity index is 1170. The van der Waals surface area contributed by atoms with Gasteiger partial charge in [0.05, 0.1) is 19.6 Å². The van der Waals surface area contributed by atoms with Crippen LogP contribution in [-0.2, 0) is 0 Å². The SMILES string of the molecule is CN=C/C(=C\N)c1cc(OC)cc(C(C)NC(=O)c2cc(C3CCN(CCC(F)(F)F)CC3)ccc2C)c1. The molecule has 0 spiro atoms. The summed E-state index contributed by atoms with van der Waals surface area (Å²) >= 11 is 0. The van der Waals surface area contributed by atoms with Crippen molar-refractivity contribution in [2.75, 3.05) is 33.8 Å². The topological polar surface area (TPSA) is 80.0 Å². The van der Waals surface area contributed by atoms with Crippen molar-refractivity contribution in [2.45, 2.75) is 51.2 Å². The molecule has 0 aliphatic carbocycles. The number of ether oxygens (including phenoxy) is 1. The first-order chi connectivity index (χ1) is 18.0. The number of aliphatic imine (C=N–C) groups is 1. The van der Waals surface area contributed by atoms with Gasteiger partial charge in [0, 0.05) is 37.1 Å². The van der Waals surface area contributed by atoms with E-state index in [0.29, 0.717) is 24.4 Å². The van der Waals surface area contributed by atoms with E-state index < -0.39 is 12.6 Å². The summed E-state index contributed by atoms with van der Waals surface area (Å²) in [6.45, 7) is 5.08. The van der Waals surface area contributed by atoms with E-state index in [9.17, 15) is 18.0 Å². The van der Waals surface area contributed by atoms with Gasteiger partial charge in [0.25, 0.3) is 5.91 Å². The van der Waals surface area contributed by atoms with Gasteiger partial charge in [0.15, 0.2) is 0 Å². The summed E-state index contributed by atoms with van der Waals surface area (Å²) in [5.41, 5.74) is 10.7. The molecule has 1 saturated heterocycles. The molecular weight excluding hydrogens is 493 g/mol. The quantitative estimate of drug-likeness (QED) is 0.412. The summed E-state index contributed by atoms with van der Waals surface area (Å²) in [4.78, 5) is 19.3. The van der Waals surface area contributed by atoms with Crippen LogP contribution in [0.4, 0.5) is 13.2 Å². The van der Waals surface area contributed by atoms with Gasteiger partial charge in [-0.2, -0.15) is 13.2 Å². The average molecular weight is 531 g/mol. The third-order valence-electron chi connectivity index (χ3n) is 7.07. The highest BCUT2D eigenvalue weighted by Crippen LogP contribution is 2.31. The van der Waals surface area contributed by atoms with E-state index in [1.54, 1.807) is 20.4 Å². The predicted molar refractivity (Wildman–Crippen MR) is 146 cm³/mol. The Kier molecular flexibility index (Phi) is 9.96. The van der Waals surface area contributed by atoms with Crippen LogP contribution in [0.15, 0.2) is 47.6 Å². The number of halogens is 3. The summed E-state index contributed by atoms with van der Waals surface area (Å²) in [6, 6.07) is 11.3.